The molecule has 9 heteroatoms. The first kappa shape index (κ1) is 18.5. The van der Waals surface area contributed by atoms with Crippen LogP contribution >= 0.6 is 0 Å². The van der Waals surface area contributed by atoms with Gasteiger partial charge in [-0.2, -0.15) is 0 Å². The Balaban J connectivity index is 2.58. The average molecular weight is 360 g/mol. The zero-order chi connectivity index (χ0) is 18.4. The summed E-state index contributed by atoms with van der Waals surface area (Å²) in [5.41, 5.74) is 0.520. The monoisotopic (exact) mass is 360 g/mol. The number of hydrogen-bond acceptors (Lipinski definition) is 6. The van der Waals surface area contributed by atoms with Crippen molar-refractivity contribution in [2.75, 3.05) is 28.2 Å². The van der Waals surface area contributed by atoms with Crippen molar-refractivity contribution >= 4 is 21.2 Å². The minimum Gasteiger partial charge on any atom is -0.285 e. The molecule has 0 aromatic heterocycles. The molecule has 8 nitrogen and oxygen atoms in total. The molecule has 0 unspecified atom stereocenters. The molecule has 0 N–H and O–H groups in total. The molecule has 0 aliphatic rings. The fourth-order valence-electron chi connectivity index (χ4n) is 1.93. The molecular formula is C16H20N6O2S. The Morgan fingerprint density at radius 2 is 1.04 bits per heavy atom. The van der Waals surface area contributed by atoms with Crippen LogP contribution < -0.4 is 0 Å². The van der Waals surface area contributed by atoms with E-state index in [4.69, 9.17) is 0 Å². The Bertz CT molecular complexity index is 824. The molecule has 0 amide bonds. The summed E-state index contributed by atoms with van der Waals surface area (Å²) in [5, 5.41) is 18.8. The second-order valence-corrected chi connectivity index (χ2v) is 7.40. The van der Waals surface area contributed by atoms with E-state index < -0.39 is 9.84 Å². The van der Waals surface area contributed by atoms with Gasteiger partial charge in [-0.1, -0.05) is 34.7 Å². The molecule has 0 fully saturated rings. The van der Waals surface area contributed by atoms with Gasteiger partial charge in [0.15, 0.2) is 0 Å². The number of sulfone groups is 1. The van der Waals surface area contributed by atoms with Gasteiger partial charge in [0.1, 0.15) is 11.4 Å². The van der Waals surface area contributed by atoms with Crippen LogP contribution in [0.5, 0.6) is 0 Å². The van der Waals surface area contributed by atoms with Crippen LogP contribution in [0.3, 0.4) is 0 Å². The minimum atomic E-state index is -3.84. The molecule has 132 valence electrons. The molecule has 2 rings (SSSR count). The Labute approximate surface area is 147 Å². The SMILES string of the molecule is CN(C)N=Nc1ccccc1S(=O)(=O)c1ccccc1N=NN(C)C. The van der Waals surface area contributed by atoms with Crippen LogP contribution in [0.15, 0.2) is 79.0 Å². The third kappa shape index (κ3) is 4.60. The summed E-state index contributed by atoms with van der Waals surface area (Å²) in [4.78, 5) is 0.126. The van der Waals surface area contributed by atoms with E-state index in [-0.39, 0.29) is 21.2 Å². The van der Waals surface area contributed by atoms with E-state index in [2.05, 4.69) is 20.7 Å². The summed E-state index contributed by atoms with van der Waals surface area (Å²) >= 11 is 0. The van der Waals surface area contributed by atoms with E-state index in [9.17, 15) is 8.42 Å². The first-order chi connectivity index (χ1) is 11.8. The molecule has 0 saturated heterocycles. The first-order valence-electron chi connectivity index (χ1n) is 7.43. The van der Waals surface area contributed by atoms with Crippen molar-refractivity contribution in [2.45, 2.75) is 9.79 Å². The van der Waals surface area contributed by atoms with Crippen molar-refractivity contribution in [3.8, 4) is 0 Å². The fraction of sp³-hybridized carbons (Fsp3) is 0.250. The van der Waals surface area contributed by atoms with Gasteiger partial charge in [-0.3, -0.25) is 10.0 Å². The quantitative estimate of drug-likeness (QED) is 0.581. The summed E-state index contributed by atoms with van der Waals surface area (Å²) in [7, 11) is 2.98. The van der Waals surface area contributed by atoms with E-state index in [1.54, 1.807) is 64.6 Å². The lowest BCUT2D eigenvalue weighted by molar-refractivity contribution is 0.408. The van der Waals surface area contributed by atoms with Gasteiger partial charge in [-0.25, -0.2) is 8.42 Å². The zero-order valence-electron chi connectivity index (χ0n) is 14.5. The lowest BCUT2D eigenvalue weighted by atomic mass is 10.3. The summed E-state index contributed by atoms with van der Waals surface area (Å²) in [6.45, 7) is 0. The minimum absolute atomic E-state index is 0.0631. The standard InChI is InChI=1S/C16H20N6O2S/c1-21(2)19-17-13-9-5-7-11-15(13)25(23,24)16-12-8-6-10-14(16)18-20-22(3)4/h5-12H,1-4H3. The van der Waals surface area contributed by atoms with Crippen LogP contribution in [-0.4, -0.2) is 46.6 Å². The van der Waals surface area contributed by atoms with Crippen LogP contribution in [0.4, 0.5) is 11.4 Å². The van der Waals surface area contributed by atoms with Gasteiger partial charge in [0.05, 0.1) is 9.79 Å². The average Bonchev–Trinajstić information content (AvgIpc) is 2.58. The van der Waals surface area contributed by atoms with Crippen molar-refractivity contribution in [1.29, 1.82) is 0 Å². The van der Waals surface area contributed by atoms with Crippen molar-refractivity contribution in [3.05, 3.63) is 48.5 Å². The van der Waals surface area contributed by atoms with Gasteiger partial charge in [0.2, 0.25) is 9.84 Å². The highest BCUT2D eigenvalue weighted by molar-refractivity contribution is 7.91. The van der Waals surface area contributed by atoms with Crippen molar-refractivity contribution in [3.63, 3.8) is 0 Å². The number of rotatable bonds is 6. The first-order valence-corrected chi connectivity index (χ1v) is 8.92. The maximum atomic E-state index is 13.1. The molecule has 2 aromatic carbocycles. The molecule has 25 heavy (non-hydrogen) atoms. The summed E-state index contributed by atoms with van der Waals surface area (Å²) in [6, 6.07) is 12.9. The molecule has 0 heterocycles. The van der Waals surface area contributed by atoms with Gasteiger partial charge < -0.3 is 0 Å². The van der Waals surface area contributed by atoms with E-state index in [1.165, 1.54) is 22.2 Å². The number of nitrogens with zero attached hydrogens (tertiary/aromatic N) is 6. The molecule has 0 aliphatic carbocycles. The normalized spacial score (nSPS) is 12.0. The van der Waals surface area contributed by atoms with E-state index in [1.807, 2.05) is 0 Å². The zero-order valence-corrected chi connectivity index (χ0v) is 15.3. The molecule has 0 spiro atoms. The maximum absolute atomic E-state index is 13.1. The lowest BCUT2D eigenvalue weighted by Gasteiger charge is -2.10. The van der Waals surface area contributed by atoms with Crippen LogP contribution in [-0.2, 0) is 9.84 Å². The van der Waals surface area contributed by atoms with Crippen LogP contribution in [0, 0.1) is 0 Å². The molecule has 0 bridgehead atoms. The number of benzene rings is 2. The number of hydrogen-bond donors (Lipinski definition) is 0. The van der Waals surface area contributed by atoms with Gasteiger partial charge in [0.25, 0.3) is 0 Å². The lowest BCUT2D eigenvalue weighted by Crippen LogP contribution is -2.04. The van der Waals surface area contributed by atoms with Crippen molar-refractivity contribution < 1.29 is 8.42 Å². The second-order valence-electron chi connectivity index (χ2n) is 5.51. The predicted octanol–water partition coefficient (Wildman–Crippen LogP) is 3.64. The molecule has 0 saturated carbocycles. The molecule has 0 aliphatic heterocycles. The van der Waals surface area contributed by atoms with Crippen LogP contribution in [0.25, 0.3) is 0 Å². The molecule has 0 radical (unpaired) electrons. The fourth-order valence-corrected chi connectivity index (χ4v) is 3.45. The van der Waals surface area contributed by atoms with Crippen LogP contribution in [0.1, 0.15) is 0 Å². The van der Waals surface area contributed by atoms with E-state index in [0.29, 0.717) is 0 Å². The third-order valence-corrected chi connectivity index (χ3v) is 4.82. The van der Waals surface area contributed by atoms with Crippen LogP contribution in [0.2, 0.25) is 0 Å². The van der Waals surface area contributed by atoms with E-state index >= 15 is 0 Å². The van der Waals surface area contributed by atoms with E-state index in [0.717, 1.165) is 0 Å². The summed E-state index contributed by atoms with van der Waals surface area (Å²) in [5.74, 6) is 0. The highest BCUT2D eigenvalue weighted by Gasteiger charge is 2.24. The summed E-state index contributed by atoms with van der Waals surface area (Å²) < 4.78 is 26.3. The largest absolute Gasteiger partial charge is 0.285 e. The topological polar surface area (TPSA) is 90.1 Å². The van der Waals surface area contributed by atoms with Crippen molar-refractivity contribution in [1.82, 2.24) is 10.0 Å². The maximum Gasteiger partial charge on any atom is 0.210 e. The van der Waals surface area contributed by atoms with Gasteiger partial charge in [-0.15, -0.1) is 10.2 Å². The second kappa shape index (κ2) is 7.84. The highest BCUT2D eigenvalue weighted by atomic mass is 32.2. The smallest absolute Gasteiger partial charge is 0.210 e. The molecule has 0 atom stereocenters. The summed E-state index contributed by atoms with van der Waals surface area (Å²) in [6.07, 6.45) is 0. The van der Waals surface area contributed by atoms with Crippen molar-refractivity contribution in [2.24, 2.45) is 20.7 Å². The Morgan fingerprint density at radius 3 is 1.40 bits per heavy atom. The third-order valence-electron chi connectivity index (χ3n) is 2.97. The highest BCUT2D eigenvalue weighted by Crippen LogP contribution is 2.34. The molecule has 2 aromatic rings. The van der Waals surface area contributed by atoms with Gasteiger partial charge in [-0.05, 0) is 24.3 Å². The van der Waals surface area contributed by atoms with Gasteiger partial charge in [0, 0.05) is 28.2 Å². The van der Waals surface area contributed by atoms with Gasteiger partial charge >= 0.3 is 0 Å². The Hall–Kier alpha value is -2.81. The predicted molar refractivity (Wildman–Crippen MR) is 94.7 cm³/mol. The molecular weight excluding hydrogens is 340 g/mol. The Morgan fingerprint density at radius 1 is 0.680 bits per heavy atom. The Kier molecular flexibility index (Phi) is 5.81.